The lowest BCUT2D eigenvalue weighted by Gasteiger charge is -2.30. The van der Waals surface area contributed by atoms with Crippen molar-refractivity contribution in [2.24, 2.45) is 0 Å². The third-order valence-electron chi connectivity index (χ3n) is 6.23. The Morgan fingerprint density at radius 2 is 1.72 bits per heavy atom. The Kier molecular flexibility index (Phi) is 7.77. The molecule has 190 valence electrons. The van der Waals surface area contributed by atoms with Crippen LogP contribution in [0.25, 0.3) is 0 Å². The summed E-state index contributed by atoms with van der Waals surface area (Å²) in [5, 5.41) is 2.76. The normalized spacial score (nSPS) is 13.4. The van der Waals surface area contributed by atoms with Crippen LogP contribution in [-0.2, 0) is 17.9 Å². The smallest absolute Gasteiger partial charge is 0.333 e. The highest BCUT2D eigenvalue weighted by atomic mass is 16.5. The van der Waals surface area contributed by atoms with E-state index in [-0.39, 0.29) is 5.82 Å². The third kappa shape index (κ3) is 5.62. The predicted molar refractivity (Wildman–Crippen MR) is 142 cm³/mol. The molecule has 3 N–H and O–H groups in total. The van der Waals surface area contributed by atoms with Gasteiger partial charge in [-0.05, 0) is 74.6 Å². The zero-order chi connectivity index (χ0) is 25.7. The molecule has 4 rings (SSSR count). The van der Waals surface area contributed by atoms with E-state index >= 15 is 0 Å². The van der Waals surface area contributed by atoms with Crippen molar-refractivity contribution in [1.29, 1.82) is 0 Å². The number of carbonyl (C=O) groups is 1. The van der Waals surface area contributed by atoms with Gasteiger partial charge in [0.15, 0.2) is 0 Å². The Bertz CT molecular complexity index is 1340. The average molecular weight is 492 g/mol. The molecule has 0 saturated carbocycles. The number of nitrogens with zero attached hydrogens (tertiary/aromatic N) is 3. The molecule has 0 bridgehead atoms. The highest BCUT2D eigenvalue weighted by molar-refractivity contribution is 5.90. The summed E-state index contributed by atoms with van der Waals surface area (Å²) in [6, 6.07) is 14.6. The van der Waals surface area contributed by atoms with Gasteiger partial charge in [0.25, 0.3) is 5.56 Å². The second-order valence-corrected chi connectivity index (χ2v) is 9.10. The van der Waals surface area contributed by atoms with Gasteiger partial charge in [0.1, 0.15) is 29.5 Å². The minimum Gasteiger partial charge on any atom is -0.457 e. The summed E-state index contributed by atoms with van der Waals surface area (Å²) in [4.78, 5) is 41.2. The number of nitrogen functional groups attached to an aromatic ring is 1. The molecule has 9 nitrogen and oxygen atoms in total. The van der Waals surface area contributed by atoms with E-state index in [0.717, 1.165) is 35.1 Å². The molecule has 2 heterocycles. The van der Waals surface area contributed by atoms with Gasteiger partial charge in [0, 0.05) is 25.3 Å². The lowest BCUT2D eigenvalue weighted by molar-refractivity contribution is -0.116. The number of amides is 1. The van der Waals surface area contributed by atoms with Crippen molar-refractivity contribution in [2.45, 2.75) is 52.6 Å². The first-order valence-corrected chi connectivity index (χ1v) is 12.4. The summed E-state index contributed by atoms with van der Waals surface area (Å²) < 4.78 is 8.23. The van der Waals surface area contributed by atoms with Gasteiger partial charge in [-0.3, -0.25) is 14.2 Å². The summed E-state index contributed by atoms with van der Waals surface area (Å²) in [6.45, 7) is 5.30. The number of nitrogens with one attached hydrogen (secondary N) is 1. The maximum atomic E-state index is 13.3. The molecule has 9 heteroatoms. The topological polar surface area (TPSA) is 112 Å². The van der Waals surface area contributed by atoms with Gasteiger partial charge in [-0.15, -0.1) is 0 Å². The fraction of sp³-hybridized carbons (Fsp3) is 0.370. The number of rotatable bonds is 8. The molecule has 0 radical (unpaired) electrons. The Morgan fingerprint density at radius 3 is 2.39 bits per heavy atom. The predicted octanol–water partition coefficient (Wildman–Crippen LogP) is 3.73. The minimum atomic E-state index is -0.572. The molecule has 1 aliphatic rings. The lowest BCUT2D eigenvalue weighted by Crippen LogP contribution is -2.47. The van der Waals surface area contributed by atoms with Crippen molar-refractivity contribution >= 4 is 23.1 Å². The Hall–Kier alpha value is -4.01. The number of hydrogen-bond acceptors (Lipinski definition) is 6. The number of hydrogen-bond donors (Lipinski definition) is 2. The highest BCUT2D eigenvalue weighted by Gasteiger charge is 2.24. The monoisotopic (exact) mass is 491 g/mol. The molecule has 1 aliphatic heterocycles. The number of piperidine rings is 1. The van der Waals surface area contributed by atoms with E-state index in [1.807, 2.05) is 43.0 Å². The molecule has 0 aliphatic carbocycles. The van der Waals surface area contributed by atoms with E-state index in [2.05, 4.69) is 5.32 Å². The molecule has 0 unspecified atom stereocenters. The van der Waals surface area contributed by atoms with Crippen molar-refractivity contribution in [2.75, 3.05) is 29.0 Å². The number of aryl methyl sites for hydroxylation is 1. The van der Waals surface area contributed by atoms with Crippen LogP contribution in [0, 0.1) is 6.92 Å². The largest absolute Gasteiger partial charge is 0.457 e. The molecule has 1 fully saturated rings. The van der Waals surface area contributed by atoms with Gasteiger partial charge >= 0.3 is 5.69 Å². The molecule has 1 amide bonds. The zero-order valence-corrected chi connectivity index (χ0v) is 20.8. The maximum absolute atomic E-state index is 13.3. The van der Waals surface area contributed by atoms with Crippen molar-refractivity contribution in [3.05, 3.63) is 74.9 Å². The molecule has 0 spiro atoms. The van der Waals surface area contributed by atoms with Gasteiger partial charge < -0.3 is 20.7 Å². The molecule has 0 atom stereocenters. The standard InChI is InChI=1S/C27H33N5O4/c1-3-14-31-25(28)24(30-15-5-4-6-16-30)26(34)32(27(31)35)18-23(33)29-20-10-12-21(13-11-20)36-22-9-7-8-19(2)17-22/h7-13,17H,3-6,14-16,18,28H2,1-2H3,(H,29,33). The fourth-order valence-electron chi connectivity index (χ4n) is 4.46. The number of benzene rings is 2. The van der Waals surface area contributed by atoms with Crippen LogP contribution in [0.15, 0.2) is 58.1 Å². The van der Waals surface area contributed by atoms with Crippen molar-refractivity contribution in [1.82, 2.24) is 9.13 Å². The average Bonchev–Trinajstić information content (AvgIpc) is 2.86. The second-order valence-electron chi connectivity index (χ2n) is 9.10. The van der Waals surface area contributed by atoms with Crippen LogP contribution in [0.5, 0.6) is 11.5 Å². The minimum absolute atomic E-state index is 0.176. The Labute approximate surface area is 210 Å². The molecule has 1 aromatic heterocycles. The van der Waals surface area contributed by atoms with Crippen molar-refractivity contribution in [3.8, 4) is 11.5 Å². The number of anilines is 3. The third-order valence-corrected chi connectivity index (χ3v) is 6.23. The van der Waals surface area contributed by atoms with Gasteiger partial charge in [-0.1, -0.05) is 19.1 Å². The summed E-state index contributed by atoms with van der Waals surface area (Å²) in [5.74, 6) is 1.05. The number of nitrogens with two attached hydrogens (primary N) is 1. The van der Waals surface area contributed by atoms with Crippen molar-refractivity contribution in [3.63, 3.8) is 0 Å². The van der Waals surface area contributed by atoms with Crippen LogP contribution in [0.4, 0.5) is 17.2 Å². The van der Waals surface area contributed by atoms with Crippen LogP contribution >= 0.6 is 0 Å². The lowest BCUT2D eigenvalue weighted by atomic mass is 10.1. The van der Waals surface area contributed by atoms with Crippen LogP contribution in [0.1, 0.15) is 38.2 Å². The summed E-state index contributed by atoms with van der Waals surface area (Å²) in [5.41, 5.74) is 7.14. The van der Waals surface area contributed by atoms with E-state index in [0.29, 0.717) is 43.2 Å². The highest BCUT2D eigenvalue weighted by Crippen LogP contribution is 2.24. The number of ether oxygens (including phenoxy) is 1. The van der Waals surface area contributed by atoms with Gasteiger partial charge in [0.05, 0.1) is 0 Å². The molecule has 2 aromatic carbocycles. The van der Waals surface area contributed by atoms with E-state index in [4.69, 9.17) is 10.5 Å². The summed E-state index contributed by atoms with van der Waals surface area (Å²) in [6.07, 6.45) is 3.67. The molecule has 36 heavy (non-hydrogen) atoms. The van der Waals surface area contributed by atoms with Gasteiger partial charge in [-0.25, -0.2) is 9.36 Å². The first-order chi connectivity index (χ1) is 17.4. The first-order valence-electron chi connectivity index (χ1n) is 12.4. The quantitative estimate of drug-likeness (QED) is 0.497. The van der Waals surface area contributed by atoms with E-state index in [1.165, 1.54) is 4.57 Å². The number of carbonyl (C=O) groups excluding carboxylic acids is 1. The SMILES string of the molecule is CCCn1c(N)c(N2CCCCC2)c(=O)n(CC(=O)Nc2ccc(Oc3cccc(C)c3)cc2)c1=O. The van der Waals surface area contributed by atoms with Crippen LogP contribution in [-0.4, -0.2) is 28.1 Å². The van der Waals surface area contributed by atoms with Crippen LogP contribution in [0.3, 0.4) is 0 Å². The Morgan fingerprint density at radius 1 is 1.00 bits per heavy atom. The molecular weight excluding hydrogens is 458 g/mol. The number of aromatic nitrogens is 2. The Balaban J connectivity index is 1.53. The summed E-state index contributed by atoms with van der Waals surface area (Å²) >= 11 is 0. The molecular formula is C27H33N5O4. The van der Waals surface area contributed by atoms with Gasteiger partial charge in [0.2, 0.25) is 5.91 Å². The van der Waals surface area contributed by atoms with E-state index < -0.39 is 23.7 Å². The molecule has 3 aromatic rings. The second kappa shape index (κ2) is 11.2. The van der Waals surface area contributed by atoms with Gasteiger partial charge in [-0.2, -0.15) is 0 Å². The first kappa shape index (κ1) is 25.1. The fourth-order valence-corrected chi connectivity index (χ4v) is 4.46. The van der Waals surface area contributed by atoms with E-state index in [9.17, 15) is 14.4 Å². The van der Waals surface area contributed by atoms with Crippen molar-refractivity contribution < 1.29 is 9.53 Å². The maximum Gasteiger partial charge on any atom is 0.333 e. The zero-order valence-electron chi connectivity index (χ0n) is 20.8. The van der Waals surface area contributed by atoms with E-state index in [1.54, 1.807) is 24.3 Å². The van der Waals surface area contributed by atoms with Crippen LogP contribution < -0.4 is 31.9 Å². The summed E-state index contributed by atoms with van der Waals surface area (Å²) in [7, 11) is 0. The van der Waals surface area contributed by atoms with Crippen LogP contribution in [0.2, 0.25) is 0 Å². The molecule has 1 saturated heterocycles.